The van der Waals surface area contributed by atoms with Crippen LogP contribution in [-0.2, 0) is 0 Å². The van der Waals surface area contributed by atoms with Crippen LogP contribution in [0.5, 0.6) is 5.75 Å². The second-order valence-electron chi connectivity index (χ2n) is 2.82. The van der Waals surface area contributed by atoms with Gasteiger partial charge in [0, 0.05) is 4.47 Å². The third-order valence-electron chi connectivity index (χ3n) is 1.96. The fourth-order valence-corrected chi connectivity index (χ4v) is 1.90. The zero-order valence-corrected chi connectivity index (χ0v) is 8.50. The number of carbonyl (C=O) groups is 1. The quantitative estimate of drug-likeness (QED) is 0.733. The monoisotopic (exact) mass is 255 g/mol. The number of nitrogens with one attached hydrogen (secondary N) is 1. The number of aromatic amines is 1. The van der Waals surface area contributed by atoms with E-state index in [9.17, 15) is 9.90 Å². The number of halogens is 1. The molecule has 5 heteroatoms. The number of fused-ring (bicyclic) bond motifs is 1. The number of hydrogen-bond donors (Lipinski definition) is 3. The molecule has 0 atom stereocenters. The third kappa shape index (κ3) is 1.17. The summed E-state index contributed by atoms with van der Waals surface area (Å²) in [7, 11) is 0. The molecule has 0 spiro atoms. The van der Waals surface area contributed by atoms with Gasteiger partial charge in [-0.3, -0.25) is 0 Å². The van der Waals surface area contributed by atoms with Crippen molar-refractivity contribution in [2.45, 2.75) is 0 Å². The molecule has 2 aromatic rings. The second-order valence-corrected chi connectivity index (χ2v) is 3.67. The van der Waals surface area contributed by atoms with E-state index in [0.29, 0.717) is 15.4 Å². The molecule has 0 bridgehead atoms. The first-order chi connectivity index (χ1) is 6.61. The maximum Gasteiger partial charge on any atom is 0.356 e. The summed E-state index contributed by atoms with van der Waals surface area (Å²) in [5.41, 5.74) is 0.404. The standard InChI is InChI=1S/C9H6BrNO3/c10-4-2-1-3-5-6(4)8(12)7(11-5)9(13)14/h1-3,11-12H,(H,13,14). The fraction of sp³-hybridized carbons (Fsp3) is 0. The Morgan fingerprint density at radius 3 is 2.71 bits per heavy atom. The van der Waals surface area contributed by atoms with Crippen LogP contribution in [0.4, 0.5) is 0 Å². The van der Waals surface area contributed by atoms with Crippen molar-refractivity contribution >= 4 is 32.8 Å². The number of carboxylic acids is 1. The van der Waals surface area contributed by atoms with Gasteiger partial charge in [0.05, 0.1) is 10.9 Å². The van der Waals surface area contributed by atoms with E-state index in [4.69, 9.17) is 5.11 Å². The van der Waals surface area contributed by atoms with Gasteiger partial charge in [0.15, 0.2) is 11.4 Å². The molecule has 0 saturated carbocycles. The SMILES string of the molecule is O=C(O)c1[nH]c2cccc(Br)c2c1O. The van der Waals surface area contributed by atoms with Gasteiger partial charge < -0.3 is 15.2 Å². The summed E-state index contributed by atoms with van der Waals surface area (Å²) in [5.74, 6) is -1.41. The van der Waals surface area contributed by atoms with Crippen LogP contribution in [-0.4, -0.2) is 21.2 Å². The average Bonchev–Trinajstić information content (AvgIpc) is 2.45. The van der Waals surface area contributed by atoms with Crippen molar-refractivity contribution in [2.75, 3.05) is 0 Å². The molecule has 3 N–H and O–H groups in total. The topological polar surface area (TPSA) is 73.3 Å². The molecule has 0 amide bonds. The van der Waals surface area contributed by atoms with Crippen LogP contribution in [0, 0.1) is 0 Å². The first-order valence-corrected chi connectivity index (χ1v) is 4.63. The van der Waals surface area contributed by atoms with E-state index in [1.54, 1.807) is 18.2 Å². The molecule has 0 aliphatic carbocycles. The number of carboxylic acid groups (broad SMARTS) is 1. The summed E-state index contributed by atoms with van der Waals surface area (Å²) in [6.07, 6.45) is 0. The first kappa shape index (κ1) is 9.08. The molecule has 4 nitrogen and oxygen atoms in total. The Morgan fingerprint density at radius 2 is 2.14 bits per heavy atom. The Morgan fingerprint density at radius 1 is 1.43 bits per heavy atom. The van der Waals surface area contributed by atoms with E-state index in [1.807, 2.05) is 0 Å². The molecule has 0 aliphatic rings. The number of aromatic nitrogens is 1. The largest absolute Gasteiger partial charge is 0.505 e. The summed E-state index contributed by atoms with van der Waals surface area (Å²) in [4.78, 5) is 13.3. The second kappa shape index (κ2) is 3.02. The highest BCUT2D eigenvalue weighted by Gasteiger charge is 2.17. The molecular formula is C9H6BrNO3. The molecule has 1 aromatic carbocycles. The van der Waals surface area contributed by atoms with Crippen LogP contribution in [0.1, 0.15) is 10.5 Å². The Kier molecular flexibility index (Phi) is 1.96. The smallest absolute Gasteiger partial charge is 0.356 e. The minimum absolute atomic E-state index is 0.188. The zero-order valence-electron chi connectivity index (χ0n) is 6.91. The lowest BCUT2D eigenvalue weighted by Gasteiger charge is -1.93. The van der Waals surface area contributed by atoms with Gasteiger partial charge in [0.1, 0.15) is 0 Å². The Balaban J connectivity index is 2.87. The van der Waals surface area contributed by atoms with Crippen molar-refractivity contribution in [2.24, 2.45) is 0 Å². The van der Waals surface area contributed by atoms with E-state index in [1.165, 1.54) is 0 Å². The normalized spacial score (nSPS) is 10.6. The Hall–Kier alpha value is -1.49. The number of aromatic hydroxyl groups is 1. The van der Waals surface area contributed by atoms with Crippen LogP contribution in [0.2, 0.25) is 0 Å². The van der Waals surface area contributed by atoms with Gasteiger partial charge in [-0.05, 0) is 28.1 Å². The van der Waals surface area contributed by atoms with E-state index in [-0.39, 0.29) is 11.4 Å². The molecule has 0 saturated heterocycles. The lowest BCUT2D eigenvalue weighted by Crippen LogP contribution is -1.95. The van der Waals surface area contributed by atoms with E-state index >= 15 is 0 Å². The number of H-pyrrole nitrogens is 1. The molecule has 0 aliphatic heterocycles. The molecule has 2 rings (SSSR count). The van der Waals surface area contributed by atoms with Gasteiger partial charge in [-0.2, -0.15) is 0 Å². The summed E-state index contributed by atoms with van der Waals surface area (Å²) >= 11 is 3.24. The highest BCUT2D eigenvalue weighted by molar-refractivity contribution is 9.10. The van der Waals surface area contributed by atoms with Crippen molar-refractivity contribution in [3.63, 3.8) is 0 Å². The summed E-state index contributed by atoms with van der Waals surface area (Å²) < 4.78 is 0.663. The van der Waals surface area contributed by atoms with Crippen LogP contribution in [0.15, 0.2) is 22.7 Å². The molecule has 0 radical (unpaired) electrons. The lowest BCUT2D eigenvalue weighted by molar-refractivity contribution is 0.0688. The molecule has 72 valence electrons. The maximum atomic E-state index is 10.7. The predicted octanol–water partition coefficient (Wildman–Crippen LogP) is 2.33. The van der Waals surface area contributed by atoms with Gasteiger partial charge in [-0.1, -0.05) is 6.07 Å². The molecule has 1 heterocycles. The summed E-state index contributed by atoms with van der Waals surface area (Å²) in [6.45, 7) is 0. The van der Waals surface area contributed by atoms with Crippen molar-refractivity contribution in [3.05, 3.63) is 28.4 Å². The summed E-state index contributed by atoms with van der Waals surface area (Å²) in [6, 6.07) is 5.20. The van der Waals surface area contributed by atoms with Crippen molar-refractivity contribution in [3.8, 4) is 5.75 Å². The van der Waals surface area contributed by atoms with Crippen molar-refractivity contribution in [1.82, 2.24) is 4.98 Å². The average molecular weight is 256 g/mol. The lowest BCUT2D eigenvalue weighted by atomic mass is 10.2. The van der Waals surface area contributed by atoms with Crippen LogP contribution in [0.25, 0.3) is 10.9 Å². The molecule has 0 unspecified atom stereocenters. The molecule has 0 fully saturated rings. The van der Waals surface area contributed by atoms with Gasteiger partial charge in [-0.25, -0.2) is 4.79 Å². The van der Waals surface area contributed by atoms with Gasteiger partial charge in [-0.15, -0.1) is 0 Å². The highest BCUT2D eigenvalue weighted by atomic mass is 79.9. The predicted molar refractivity (Wildman–Crippen MR) is 54.6 cm³/mol. The van der Waals surface area contributed by atoms with E-state index in [2.05, 4.69) is 20.9 Å². The van der Waals surface area contributed by atoms with Crippen LogP contribution >= 0.6 is 15.9 Å². The number of benzene rings is 1. The molecule has 14 heavy (non-hydrogen) atoms. The maximum absolute atomic E-state index is 10.7. The van der Waals surface area contributed by atoms with Crippen LogP contribution in [0.3, 0.4) is 0 Å². The minimum Gasteiger partial charge on any atom is -0.505 e. The third-order valence-corrected chi connectivity index (χ3v) is 2.62. The number of hydrogen-bond acceptors (Lipinski definition) is 2. The van der Waals surface area contributed by atoms with Crippen LogP contribution < -0.4 is 0 Å². The van der Waals surface area contributed by atoms with E-state index in [0.717, 1.165) is 0 Å². The Labute approximate surface area is 87.3 Å². The highest BCUT2D eigenvalue weighted by Crippen LogP contribution is 2.34. The minimum atomic E-state index is -1.18. The molecule has 1 aromatic heterocycles. The van der Waals surface area contributed by atoms with E-state index < -0.39 is 5.97 Å². The zero-order chi connectivity index (χ0) is 10.3. The summed E-state index contributed by atoms with van der Waals surface area (Å²) in [5, 5.41) is 18.8. The molecular weight excluding hydrogens is 250 g/mol. The number of rotatable bonds is 1. The number of aromatic carboxylic acids is 1. The van der Waals surface area contributed by atoms with Crippen molar-refractivity contribution in [1.29, 1.82) is 0 Å². The Bertz CT molecular complexity index is 518. The van der Waals surface area contributed by atoms with Gasteiger partial charge in [0.25, 0.3) is 0 Å². The van der Waals surface area contributed by atoms with Gasteiger partial charge >= 0.3 is 5.97 Å². The van der Waals surface area contributed by atoms with Gasteiger partial charge in [0.2, 0.25) is 0 Å². The fourth-order valence-electron chi connectivity index (χ4n) is 1.34. The first-order valence-electron chi connectivity index (χ1n) is 3.83. The van der Waals surface area contributed by atoms with Crippen molar-refractivity contribution < 1.29 is 15.0 Å².